The maximum atomic E-state index is 12.4. The molecule has 0 N–H and O–H groups in total. The van der Waals surface area contributed by atoms with Gasteiger partial charge >= 0.3 is 0 Å². The lowest BCUT2D eigenvalue weighted by Gasteiger charge is -2.08. The molecule has 0 fully saturated rings. The highest BCUT2D eigenvalue weighted by Gasteiger charge is 2.18. The molecule has 0 spiro atoms. The second-order valence-corrected chi connectivity index (χ2v) is 6.65. The summed E-state index contributed by atoms with van der Waals surface area (Å²) >= 11 is 5.07. The topological polar surface area (TPSA) is 17.1 Å². The molecule has 3 heteroatoms. The van der Waals surface area contributed by atoms with Gasteiger partial charge in [-0.2, -0.15) is 0 Å². The van der Waals surface area contributed by atoms with Gasteiger partial charge in [-0.1, -0.05) is 15.9 Å². The molecule has 1 aromatic carbocycles. The molecule has 92 valence electrons. The van der Waals surface area contributed by atoms with E-state index in [0.29, 0.717) is 0 Å². The average molecular weight is 321 g/mol. The maximum absolute atomic E-state index is 12.4. The normalized spacial score (nSPS) is 14.3. The minimum atomic E-state index is 0.155. The summed E-state index contributed by atoms with van der Waals surface area (Å²) < 4.78 is 1.00. The zero-order chi connectivity index (χ0) is 12.5. The third kappa shape index (κ3) is 2.29. The summed E-state index contributed by atoms with van der Waals surface area (Å²) in [5.74, 6) is 0.155. The molecule has 0 amide bonds. The van der Waals surface area contributed by atoms with Gasteiger partial charge in [0.25, 0.3) is 0 Å². The molecule has 1 nitrogen and oxygen atoms in total. The Morgan fingerprint density at radius 2 is 1.83 bits per heavy atom. The van der Waals surface area contributed by atoms with Crippen molar-refractivity contribution < 1.29 is 4.79 Å². The molecule has 1 aliphatic rings. The number of thiophene rings is 1. The number of aryl methyl sites for hydroxylation is 2. The average Bonchev–Trinajstić information content (AvgIpc) is 2.82. The van der Waals surface area contributed by atoms with E-state index >= 15 is 0 Å². The van der Waals surface area contributed by atoms with E-state index in [0.717, 1.165) is 27.8 Å². The molecule has 0 atom stereocenters. The van der Waals surface area contributed by atoms with Gasteiger partial charge in [-0.25, -0.2) is 0 Å². The molecule has 1 aliphatic carbocycles. The Balaban J connectivity index is 1.92. The summed E-state index contributed by atoms with van der Waals surface area (Å²) in [6.45, 7) is 0. The molecule has 0 saturated carbocycles. The van der Waals surface area contributed by atoms with Gasteiger partial charge in [0.15, 0.2) is 0 Å². The first kappa shape index (κ1) is 12.1. The first-order valence-electron chi connectivity index (χ1n) is 6.16. The molecule has 2 aromatic rings. The summed E-state index contributed by atoms with van der Waals surface area (Å²) in [5, 5.41) is 0. The van der Waals surface area contributed by atoms with Crippen LogP contribution in [0.2, 0.25) is 0 Å². The number of carbonyl (C=O) groups excluding carboxylic acids is 1. The van der Waals surface area contributed by atoms with E-state index in [2.05, 4.69) is 22.0 Å². The van der Waals surface area contributed by atoms with Crippen molar-refractivity contribution in [1.82, 2.24) is 0 Å². The van der Waals surface area contributed by atoms with Crippen LogP contribution >= 0.6 is 27.3 Å². The minimum Gasteiger partial charge on any atom is -0.288 e. The van der Waals surface area contributed by atoms with Gasteiger partial charge in [0, 0.05) is 14.9 Å². The molecule has 0 aliphatic heterocycles. The second-order valence-electron chi connectivity index (χ2n) is 4.60. The number of carbonyl (C=O) groups is 1. The number of rotatable bonds is 2. The van der Waals surface area contributed by atoms with Crippen LogP contribution in [-0.2, 0) is 12.8 Å². The van der Waals surface area contributed by atoms with Gasteiger partial charge in [-0.15, -0.1) is 11.3 Å². The fourth-order valence-electron chi connectivity index (χ4n) is 2.35. The molecule has 0 saturated heterocycles. The van der Waals surface area contributed by atoms with Crippen LogP contribution in [0, 0.1) is 0 Å². The van der Waals surface area contributed by atoms with Crippen LogP contribution in [0.4, 0.5) is 0 Å². The predicted molar refractivity (Wildman–Crippen MR) is 78.5 cm³/mol. The largest absolute Gasteiger partial charge is 0.288 e. The molecular formula is C15H13BrOS. The lowest BCUT2D eigenvalue weighted by atomic mass is 9.98. The Morgan fingerprint density at radius 3 is 2.56 bits per heavy atom. The molecule has 18 heavy (non-hydrogen) atoms. The quantitative estimate of drug-likeness (QED) is 0.738. The highest BCUT2D eigenvalue weighted by atomic mass is 79.9. The first-order chi connectivity index (χ1) is 8.74. The lowest BCUT2D eigenvalue weighted by Crippen LogP contribution is -1.98. The standard InChI is InChI=1S/C15H13BrOS/c16-12-7-5-10(6-8-12)15(17)14-9-11-3-1-2-4-13(11)18-14/h5-9H,1-4H2. The van der Waals surface area contributed by atoms with Crippen molar-refractivity contribution in [3.63, 3.8) is 0 Å². The van der Waals surface area contributed by atoms with E-state index < -0.39 is 0 Å². The minimum absolute atomic E-state index is 0.155. The first-order valence-corrected chi connectivity index (χ1v) is 7.77. The van der Waals surface area contributed by atoms with Crippen molar-refractivity contribution >= 4 is 33.0 Å². The fraction of sp³-hybridized carbons (Fsp3) is 0.267. The molecule has 0 bridgehead atoms. The molecule has 0 radical (unpaired) electrons. The van der Waals surface area contributed by atoms with Crippen LogP contribution in [0.1, 0.15) is 38.5 Å². The van der Waals surface area contributed by atoms with Crippen LogP contribution in [-0.4, -0.2) is 5.78 Å². The highest BCUT2D eigenvalue weighted by molar-refractivity contribution is 9.10. The molecule has 1 heterocycles. The number of halogens is 1. The Labute approximate surface area is 119 Å². The zero-order valence-electron chi connectivity index (χ0n) is 9.91. The van der Waals surface area contributed by atoms with E-state index in [1.54, 1.807) is 11.3 Å². The van der Waals surface area contributed by atoms with Crippen LogP contribution in [0.5, 0.6) is 0 Å². The van der Waals surface area contributed by atoms with Gasteiger partial charge < -0.3 is 0 Å². The van der Waals surface area contributed by atoms with E-state index in [4.69, 9.17) is 0 Å². The third-order valence-corrected chi connectivity index (χ3v) is 5.09. The van der Waals surface area contributed by atoms with Gasteiger partial charge in [0.05, 0.1) is 4.88 Å². The fourth-order valence-corrected chi connectivity index (χ4v) is 3.83. The Hall–Kier alpha value is -0.930. The number of benzene rings is 1. The molecular weight excluding hydrogens is 308 g/mol. The number of hydrogen-bond donors (Lipinski definition) is 0. The summed E-state index contributed by atoms with van der Waals surface area (Å²) in [6.07, 6.45) is 4.81. The summed E-state index contributed by atoms with van der Waals surface area (Å²) in [7, 11) is 0. The van der Waals surface area contributed by atoms with E-state index in [9.17, 15) is 4.79 Å². The molecule has 0 unspecified atom stereocenters. The van der Waals surface area contributed by atoms with Crippen molar-refractivity contribution in [3.05, 3.63) is 55.7 Å². The van der Waals surface area contributed by atoms with Gasteiger partial charge in [0.2, 0.25) is 5.78 Å². The van der Waals surface area contributed by atoms with Crippen molar-refractivity contribution in [2.24, 2.45) is 0 Å². The van der Waals surface area contributed by atoms with Crippen LogP contribution in [0.25, 0.3) is 0 Å². The van der Waals surface area contributed by atoms with Gasteiger partial charge in [-0.3, -0.25) is 4.79 Å². The zero-order valence-corrected chi connectivity index (χ0v) is 12.3. The van der Waals surface area contributed by atoms with Crippen LogP contribution in [0.15, 0.2) is 34.8 Å². The van der Waals surface area contributed by atoms with E-state index in [1.165, 1.54) is 23.3 Å². The van der Waals surface area contributed by atoms with Gasteiger partial charge in [0.1, 0.15) is 0 Å². The second kappa shape index (κ2) is 4.98. The Bertz CT molecular complexity index is 560. The van der Waals surface area contributed by atoms with Crippen LogP contribution < -0.4 is 0 Å². The van der Waals surface area contributed by atoms with E-state index in [1.807, 2.05) is 24.3 Å². The number of hydrogen-bond acceptors (Lipinski definition) is 2. The molecule has 3 rings (SSSR count). The number of fused-ring (bicyclic) bond motifs is 1. The predicted octanol–water partition coefficient (Wildman–Crippen LogP) is 4.62. The summed E-state index contributed by atoms with van der Waals surface area (Å²) in [4.78, 5) is 14.7. The Kier molecular flexibility index (Phi) is 3.35. The number of ketones is 1. The maximum Gasteiger partial charge on any atom is 0.202 e. The monoisotopic (exact) mass is 320 g/mol. The van der Waals surface area contributed by atoms with Gasteiger partial charge in [-0.05, 0) is 61.6 Å². The Morgan fingerprint density at radius 1 is 1.11 bits per heavy atom. The van der Waals surface area contributed by atoms with Crippen molar-refractivity contribution in [1.29, 1.82) is 0 Å². The summed E-state index contributed by atoms with van der Waals surface area (Å²) in [6, 6.07) is 9.70. The smallest absolute Gasteiger partial charge is 0.202 e. The highest BCUT2D eigenvalue weighted by Crippen LogP contribution is 2.31. The SMILES string of the molecule is O=C(c1ccc(Br)cc1)c1cc2c(s1)CCCC2. The molecule has 1 aromatic heterocycles. The summed E-state index contributed by atoms with van der Waals surface area (Å²) in [5.41, 5.74) is 2.17. The third-order valence-electron chi connectivity index (χ3n) is 3.33. The van der Waals surface area contributed by atoms with Crippen molar-refractivity contribution in [2.75, 3.05) is 0 Å². The lowest BCUT2D eigenvalue weighted by molar-refractivity contribution is 0.104. The van der Waals surface area contributed by atoms with Crippen molar-refractivity contribution in [3.8, 4) is 0 Å². The van der Waals surface area contributed by atoms with Crippen LogP contribution in [0.3, 0.4) is 0 Å². The van der Waals surface area contributed by atoms with E-state index in [-0.39, 0.29) is 5.78 Å². The van der Waals surface area contributed by atoms with Crippen molar-refractivity contribution in [2.45, 2.75) is 25.7 Å².